The number of fused-ring (bicyclic) bond motifs is 1. The van der Waals surface area contributed by atoms with Gasteiger partial charge in [-0.05, 0) is 31.5 Å². The largest absolute Gasteiger partial charge is 0.383 e. The second kappa shape index (κ2) is 9.39. The number of ether oxygens (including phenoxy) is 1. The summed E-state index contributed by atoms with van der Waals surface area (Å²) in [4.78, 5) is 19.5. The molecule has 26 heavy (non-hydrogen) atoms. The van der Waals surface area contributed by atoms with Crippen LogP contribution < -0.4 is 5.32 Å². The number of thioether (sulfide) groups is 1. The maximum Gasteiger partial charge on any atom is 0.230 e. The van der Waals surface area contributed by atoms with Crippen LogP contribution in [-0.4, -0.2) is 65.5 Å². The molecule has 0 atom stereocenters. The van der Waals surface area contributed by atoms with Crippen molar-refractivity contribution in [3.8, 4) is 0 Å². The smallest absolute Gasteiger partial charge is 0.230 e. The molecule has 6 nitrogen and oxygen atoms in total. The van der Waals surface area contributed by atoms with Crippen LogP contribution in [0.15, 0.2) is 29.4 Å². The Morgan fingerprint density at radius 1 is 1.35 bits per heavy atom. The second-order valence-corrected chi connectivity index (χ2v) is 7.53. The van der Waals surface area contributed by atoms with Gasteiger partial charge in [0, 0.05) is 32.8 Å². The van der Waals surface area contributed by atoms with Crippen LogP contribution in [0.25, 0.3) is 11.0 Å². The van der Waals surface area contributed by atoms with Gasteiger partial charge in [0.15, 0.2) is 5.16 Å². The average Bonchev–Trinajstić information content (AvgIpc) is 3.03. The van der Waals surface area contributed by atoms with Crippen molar-refractivity contribution in [3.05, 3.63) is 24.3 Å². The lowest BCUT2D eigenvalue weighted by Gasteiger charge is -2.31. The van der Waals surface area contributed by atoms with Gasteiger partial charge in [0.25, 0.3) is 0 Å². The van der Waals surface area contributed by atoms with Crippen molar-refractivity contribution >= 4 is 28.7 Å². The number of aromatic nitrogens is 2. The number of carbonyl (C=O) groups is 1. The zero-order chi connectivity index (χ0) is 18.4. The van der Waals surface area contributed by atoms with E-state index in [9.17, 15) is 4.79 Å². The molecule has 0 radical (unpaired) electrons. The SMILES string of the molecule is CCN1CCC(NC(=O)CSc2nc3ccccc3n2CCOC)CC1. The first-order valence-corrected chi connectivity index (χ1v) is 10.3. The van der Waals surface area contributed by atoms with Crippen molar-refractivity contribution in [2.75, 3.05) is 39.1 Å². The summed E-state index contributed by atoms with van der Waals surface area (Å²) in [7, 11) is 1.70. The Morgan fingerprint density at radius 2 is 2.12 bits per heavy atom. The van der Waals surface area contributed by atoms with E-state index in [1.54, 1.807) is 7.11 Å². The highest BCUT2D eigenvalue weighted by Gasteiger charge is 2.20. The molecule has 0 bridgehead atoms. The lowest BCUT2D eigenvalue weighted by atomic mass is 10.1. The summed E-state index contributed by atoms with van der Waals surface area (Å²) in [5.74, 6) is 0.486. The summed E-state index contributed by atoms with van der Waals surface area (Å²) in [6.07, 6.45) is 2.08. The molecule has 1 aromatic heterocycles. The normalized spacial score (nSPS) is 16.2. The zero-order valence-electron chi connectivity index (χ0n) is 15.6. The van der Waals surface area contributed by atoms with Gasteiger partial charge in [-0.1, -0.05) is 30.8 Å². The van der Waals surface area contributed by atoms with Gasteiger partial charge in [-0.2, -0.15) is 0 Å². The maximum atomic E-state index is 12.4. The monoisotopic (exact) mass is 376 g/mol. The number of amides is 1. The number of methoxy groups -OCH3 is 1. The van der Waals surface area contributed by atoms with Gasteiger partial charge in [-0.3, -0.25) is 4.79 Å². The van der Waals surface area contributed by atoms with Crippen LogP contribution in [0.4, 0.5) is 0 Å². The topological polar surface area (TPSA) is 59.4 Å². The van der Waals surface area contributed by atoms with E-state index in [2.05, 4.69) is 32.8 Å². The fraction of sp³-hybridized carbons (Fsp3) is 0.579. The minimum Gasteiger partial charge on any atom is -0.383 e. The molecular formula is C19H28N4O2S. The van der Waals surface area contributed by atoms with Crippen molar-refractivity contribution in [2.45, 2.75) is 37.5 Å². The number of nitrogens with zero attached hydrogens (tertiary/aromatic N) is 3. The molecular weight excluding hydrogens is 348 g/mol. The van der Waals surface area contributed by atoms with E-state index in [1.165, 1.54) is 11.8 Å². The lowest BCUT2D eigenvalue weighted by Crippen LogP contribution is -2.45. The number of hydrogen-bond donors (Lipinski definition) is 1. The fourth-order valence-electron chi connectivity index (χ4n) is 3.36. The molecule has 2 aromatic rings. The Hall–Kier alpha value is -1.57. The average molecular weight is 377 g/mol. The predicted octanol–water partition coefficient (Wildman–Crippen LogP) is 2.38. The molecule has 1 N–H and O–H groups in total. The number of piperidine rings is 1. The minimum atomic E-state index is 0.0929. The van der Waals surface area contributed by atoms with E-state index in [0.29, 0.717) is 18.4 Å². The number of carbonyl (C=O) groups excluding carboxylic acids is 1. The van der Waals surface area contributed by atoms with Crippen molar-refractivity contribution in [1.29, 1.82) is 0 Å². The summed E-state index contributed by atoms with van der Waals surface area (Å²) >= 11 is 1.50. The predicted molar refractivity (Wildman–Crippen MR) is 106 cm³/mol. The molecule has 0 saturated carbocycles. The van der Waals surface area contributed by atoms with Gasteiger partial charge >= 0.3 is 0 Å². The third-order valence-electron chi connectivity index (χ3n) is 4.87. The standard InChI is InChI=1S/C19H28N4O2S/c1-3-22-10-8-15(9-11-22)20-18(24)14-26-19-21-16-6-4-5-7-17(16)23(19)12-13-25-2/h4-7,15H,3,8-14H2,1-2H3,(H,20,24). The quantitative estimate of drug-likeness (QED) is 0.717. The Morgan fingerprint density at radius 3 is 2.85 bits per heavy atom. The molecule has 0 spiro atoms. The first-order valence-electron chi connectivity index (χ1n) is 9.30. The van der Waals surface area contributed by atoms with E-state index in [-0.39, 0.29) is 5.91 Å². The second-order valence-electron chi connectivity index (χ2n) is 6.59. The molecule has 3 rings (SSSR count). The molecule has 1 aromatic carbocycles. The van der Waals surface area contributed by atoms with E-state index in [4.69, 9.17) is 4.74 Å². The van der Waals surface area contributed by atoms with E-state index < -0.39 is 0 Å². The zero-order valence-corrected chi connectivity index (χ0v) is 16.4. The Balaban J connectivity index is 1.57. The van der Waals surface area contributed by atoms with Crippen molar-refractivity contribution in [2.24, 2.45) is 0 Å². The number of benzene rings is 1. The maximum absolute atomic E-state index is 12.4. The third kappa shape index (κ3) is 4.78. The summed E-state index contributed by atoms with van der Waals surface area (Å²) in [6.45, 7) is 6.77. The van der Waals surface area contributed by atoms with Crippen molar-refractivity contribution < 1.29 is 9.53 Å². The van der Waals surface area contributed by atoms with Gasteiger partial charge in [-0.25, -0.2) is 4.98 Å². The molecule has 0 aliphatic carbocycles. The van der Waals surface area contributed by atoms with Gasteiger partial charge in [0.1, 0.15) is 0 Å². The molecule has 1 fully saturated rings. The summed E-state index contributed by atoms with van der Waals surface area (Å²) < 4.78 is 7.36. The van der Waals surface area contributed by atoms with Gasteiger partial charge in [0.2, 0.25) is 5.91 Å². The van der Waals surface area contributed by atoms with Crippen LogP contribution >= 0.6 is 11.8 Å². The number of imidazole rings is 1. The number of nitrogens with one attached hydrogen (secondary N) is 1. The van der Waals surface area contributed by atoms with Crippen LogP contribution in [-0.2, 0) is 16.1 Å². The minimum absolute atomic E-state index is 0.0929. The molecule has 1 aliphatic rings. The Labute approximate surface area is 159 Å². The van der Waals surface area contributed by atoms with Crippen LogP contribution in [0.5, 0.6) is 0 Å². The number of likely N-dealkylation sites (tertiary alicyclic amines) is 1. The Bertz CT molecular complexity index is 725. The van der Waals surface area contributed by atoms with Crippen LogP contribution in [0, 0.1) is 0 Å². The van der Waals surface area contributed by atoms with E-state index >= 15 is 0 Å². The Kier molecular flexibility index (Phi) is 6.93. The molecule has 1 saturated heterocycles. The molecule has 0 unspecified atom stereocenters. The van der Waals surface area contributed by atoms with Gasteiger partial charge in [-0.15, -0.1) is 0 Å². The number of rotatable bonds is 8. The highest BCUT2D eigenvalue weighted by Crippen LogP contribution is 2.24. The third-order valence-corrected chi connectivity index (χ3v) is 5.85. The van der Waals surface area contributed by atoms with Gasteiger partial charge in [0.05, 0.1) is 23.4 Å². The van der Waals surface area contributed by atoms with Crippen molar-refractivity contribution in [1.82, 2.24) is 19.8 Å². The highest BCUT2D eigenvalue weighted by atomic mass is 32.2. The molecule has 2 heterocycles. The van der Waals surface area contributed by atoms with Crippen LogP contribution in [0.1, 0.15) is 19.8 Å². The number of hydrogen-bond acceptors (Lipinski definition) is 5. The molecule has 7 heteroatoms. The summed E-state index contributed by atoms with van der Waals surface area (Å²) in [5, 5.41) is 4.06. The summed E-state index contributed by atoms with van der Waals surface area (Å²) in [5.41, 5.74) is 2.04. The van der Waals surface area contributed by atoms with Crippen molar-refractivity contribution in [3.63, 3.8) is 0 Å². The highest BCUT2D eigenvalue weighted by molar-refractivity contribution is 7.99. The lowest BCUT2D eigenvalue weighted by molar-refractivity contribution is -0.119. The van der Waals surface area contributed by atoms with Crippen LogP contribution in [0.2, 0.25) is 0 Å². The van der Waals surface area contributed by atoms with Gasteiger partial charge < -0.3 is 19.5 Å². The fourth-order valence-corrected chi connectivity index (χ4v) is 4.21. The van der Waals surface area contributed by atoms with E-state index in [0.717, 1.165) is 55.2 Å². The summed E-state index contributed by atoms with van der Waals surface area (Å²) in [6, 6.07) is 8.36. The van der Waals surface area contributed by atoms with E-state index in [1.807, 2.05) is 18.2 Å². The molecule has 1 amide bonds. The van der Waals surface area contributed by atoms with Crippen LogP contribution in [0.3, 0.4) is 0 Å². The first-order chi connectivity index (χ1) is 12.7. The molecule has 1 aliphatic heterocycles. The molecule has 142 valence electrons. The number of para-hydroxylation sites is 2. The first kappa shape index (κ1) is 19.2.